The molecule has 7 nitrogen and oxygen atoms in total. The zero-order chi connectivity index (χ0) is 20.9. The molecule has 3 heterocycles. The van der Waals surface area contributed by atoms with E-state index in [1.807, 2.05) is 61.0 Å². The number of benzene rings is 1. The second kappa shape index (κ2) is 8.73. The van der Waals surface area contributed by atoms with Gasteiger partial charge in [0.05, 0.1) is 11.8 Å². The number of carbonyl (C=O) groups excluding carboxylic acids is 1. The summed E-state index contributed by atoms with van der Waals surface area (Å²) in [5.41, 5.74) is 3.29. The minimum Gasteiger partial charge on any atom is -0.489 e. The van der Waals surface area contributed by atoms with Crippen LogP contribution < -0.4 is 10.1 Å². The predicted molar refractivity (Wildman–Crippen MR) is 114 cm³/mol. The molecule has 1 amide bonds. The molecular weight excluding hydrogens is 378 g/mol. The van der Waals surface area contributed by atoms with Gasteiger partial charge >= 0.3 is 0 Å². The molecule has 0 saturated carbocycles. The molecule has 3 aromatic heterocycles. The third-order valence-corrected chi connectivity index (χ3v) is 4.69. The van der Waals surface area contributed by atoms with Crippen LogP contribution in [0, 0.1) is 0 Å². The lowest BCUT2D eigenvalue weighted by Crippen LogP contribution is -2.22. The summed E-state index contributed by atoms with van der Waals surface area (Å²) in [6.07, 6.45) is 6.85. The normalized spacial score (nSPS) is 11.0. The highest BCUT2D eigenvalue weighted by atomic mass is 16.5. The lowest BCUT2D eigenvalue weighted by atomic mass is 10.2. The topological polar surface area (TPSA) is 81.9 Å². The van der Waals surface area contributed by atoms with Crippen LogP contribution in [0.2, 0.25) is 0 Å². The van der Waals surface area contributed by atoms with Crippen LogP contribution in [0.4, 0.5) is 0 Å². The molecule has 0 spiro atoms. The second-order valence-electron chi connectivity index (χ2n) is 7.30. The molecule has 0 bridgehead atoms. The van der Waals surface area contributed by atoms with Gasteiger partial charge in [0.1, 0.15) is 12.4 Å². The molecule has 1 aromatic carbocycles. The largest absolute Gasteiger partial charge is 0.489 e. The molecule has 0 aliphatic heterocycles. The van der Waals surface area contributed by atoms with Crippen molar-refractivity contribution < 1.29 is 9.53 Å². The van der Waals surface area contributed by atoms with Gasteiger partial charge in [0, 0.05) is 42.1 Å². The quantitative estimate of drug-likeness (QED) is 0.508. The maximum atomic E-state index is 12.5. The Morgan fingerprint density at radius 2 is 1.93 bits per heavy atom. The average Bonchev–Trinajstić information content (AvgIpc) is 3.21. The minimum atomic E-state index is -0.168. The Kier molecular flexibility index (Phi) is 5.70. The molecule has 0 aliphatic carbocycles. The van der Waals surface area contributed by atoms with E-state index in [0.29, 0.717) is 18.7 Å². The predicted octanol–water partition coefficient (Wildman–Crippen LogP) is 3.92. The fourth-order valence-electron chi connectivity index (χ4n) is 3.08. The van der Waals surface area contributed by atoms with Gasteiger partial charge in [0.2, 0.25) is 0 Å². The number of amides is 1. The zero-order valence-corrected chi connectivity index (χ0v) is 16.9. The van der Waals surface area contributed by atoms with Crippen LogP contribution in [0.1, 0.15) is 41.4 Å². The molecule has 1 N–H and O–H groups in total. The maximum Gasteiger partial charge on any atom is 0.253 e. The Morgan fingerprint density at radius 1 is 1.10 bits per heavy atom. The van der Waals surface area contributed by atoms with E-state index >= 15 is 0 Å². The number of nitrogens with one attached hydrogen (secondary N) is 1. The lowest BCUT2D eigenvalue weighted by molar-refractivity contribution is 0.0950. The lowest BCUT2D eigenvalue weighted by Gasteiger charge is -2.09. The van der Waals surface area contributed by atoms with Crippen molar-refractivity contribution in [3.63, 3.8) is 0 Å². The van der Waals surface area contributed by atoms with Crippen molar-refractivity contribution in [3.8, 4) is 5.75 Å². The van der Waals surface area contributed by atoms with Crippen molar-refractivity contribution in [3.05, 3.63) is 83.9 Å². The molecular formula is C23H23N5O2. The molecule has 30 heavy (non-hydrogen) atoms. The van der Waals surface area contributed by atoms with Crippen molar-refractivity contribution in [2.75, 3.05) is 0 Å². The van der Waals surface area contributed by atoms with Gasteiger partial charge in [-0.2, -0.15) is 5.10 Å². The first kappa shape index (κ1) is 19.6. The molecule has 0 fully saturated rings. The number of ether oxygens (including phenoxy) is 1. The van der Waals surface area contributed by atoms with E-state index in [2.05, 4.69) is 20.4 Å². The molecule has 0 unspecified atom stereocenters. The summed E-state index contributed by atoms with van der Waals surface area (Å²) in [5, 5.41) is 8.12. The molecule has 4 aromatic rings. The Labute approximate surface area is 174 Å². The molecule has 152 valence electrons. The van der Waals surface area contributed by atoms with Gasteiger partial charge < -0.3 is 10.1 Å². The Morgan fingerprint density at radius 3 is 2.67 bits per heavy atom. The van der Waals surface area contributed by atoms with E-state index < -0.39 is 0 Å². The van der Waals surface area contributed by atoms with Gasteiger partial charge in [0.15, 0.2) is 5.65 Å². The molecule has 0 atom stereocenters. The van der Waals surface area contributed by atoms with Crippen LogP contribution in [-0.4, -0.2) is 25.7 Å². The highest BCUT2D eigenvalue weighted by Gasteiger charge is 2.11. The van der Waals surface area contributed by atoms with Gasteiger partial charge in [-0.3, -0.25) is 9.78 Å². The summed E-state index contributed by atoms with van der Waals surface area (Å²) >= 11 is 0. The molecule has 0 aliphatic rings. The maximum absolute atomic E-state index is 12.5. The SMILES string of the molecule is CC(C)n1ncc2cc(C(=O)NCc3ccc(OCc4cccnc4)cc3)cnc21. The van der Waals surface area contributed by atoms with Gasteiger partial charge in [0.25, 0.3) is 5.91 Å². The standard InChI is InChI=1S/C23H23N5O2/c1-16(2)28-22-19(14-27-28)10-20(13-25-22)23(29)26-12-17-5-7-21(8-6-17)30-15-18-4-3-9-24-11-18/h3-11,13-14,16H,12,15H2,1-2H3,(H,26,29). The van der Waals surface area contributed by atoms with E-state index in [0.717, 1.165) is 27.9 Å². The van der Waals surface area contributed by atoms with Crippen LogP contribution >= 0.6 is 0 Å². The third-order valence-electron chi connectivity index (χ3n) is 4.69. The van der Waals surface area contributed by atoms with Gasteiger partial charge in [-0.1, -0.05) is 18.2 Å². The smallest absolute Gasteiger partial charge is 0.253 e. The third kappa shape index (κ3) is 4.46. The van der Waals surface area contributed by atoms with Gasteiger partial charge in [-0.25, -0.2) is 9.67 Å². The van der Waals surface area contributed by atoms with E-state index in [1.54, 1.807) is 24.8 Å². The molecule has 7 heteroatoms. The van der Waals surface area contributed by atoms with E-state index in [1.165, 1.54) is 0 Å². The number of carbonyl (C=O) groups is 1. The van der Waals surface area contributed by atoms with Crippen LogP contribution in [0.15, 0.2) is 67.3 Å². The number of aromatic nitrogens is 4. The first-order valence-corrected chi connectivity index (χ1v) is 9.82. The van der Waals surface area contributed by atoms with Crippen molar-refractivity contribution in [2.45, 2.75) is 33.0 Å². The van der Waals surface area contributed by atoms with Gasteiger partial charge in [-0.15, -0.1) is 0 Å². The van der Waals surface area contributed by atoms with E-state index in [4.69, 9.17) is 4.74 Å². The number of hydrogen-bond acceptors (Lipinski definition) is 5. The minimum absolute atomic E-state index is 0.168. The number of pyridine rings is 2. The van der Waals surface area contributed by atoms with Crippen LogP contribution in [0.25, 0.3) is 11.0 Å². The number of nitrogens with zero attached hydrogens (tertiary/aromatic N) is 4. The summed E-state index contributed by atoms with van der Waals surface area (Å²) in [6, 6.07) is 13.5. The first-order chi connectivity index (χ1) is 14.6. The fraction of sp³-hybridized carbons (Fsp3) is 0.217. The van der Waals surface area contributed by atoms with E-state index in [9.17, 15) is 4.79 Å². The Bertz CT molecular complexity index is 1140. The highest BCUT2D eigenvalue weighted by molar-refractivity contribution is 5.96. The van der Waals surface area contributed by atoms with Crippen LogP contribution in [-0.2, 0) is 13.2 Å². The number of hydrogen-bond donors (Lipinski definition) is 1. The number of fused-ring (bicyclic) bond motifs is 1. The van der Waals surface area contributed by atoms with Crippen molar-refractivity contribution in [1.82, 2.24) is 25.1 Å². The highest BCUT2D eigenvalue weighted by Crippen LogP contribution is 2.17. The molecule has 4 rings (SSSR count). The second-order valence-corrected chi connectivity index (χ2v) is 7.30. The summed E-state index contributed by atoms with van der Waals surface area (Å²) in [7, 11) is 0. The first-order valence-electron chi connectivity index (χ1n) is 9.82. The molecule has 0 saturated heterocycles. The fourth-order valence-corrected chi connectivity index (χ4v) is 3.08. The summed E-state index contributed by atoms with van der Waals surface area (Å²) in [6.45, 7) is 4.98. The summed E-state index contributed by atoms with van der Waals surface area (Å²) < 4.78 is 7.60. The van der Waals surface area contributed by atoms with Crippen molar-refractivity contribution >= 4 is 16.9 Å². The van der Waals surface area contributed by atoms with Crippen molar-refractivity contribution in [1.29, 1.82) is 0 Å². The monoisotopic (exact) mass is 401 g/mol. The van der Waals surface area contributed by atoms with Gasteiger partial charge in [-0.05, 0) is 43.7 Å². The molecule has 0 radical (unpaired) electrons. The van der Waals surface area contributed by atoms with E-state index in [-0.39, 0.29) is 11.9 Å². The Hall–Kier alpha value is -3.74. The van der Waals surface area contributed by atoms with Crippen LogP contribution in [0.3, 0.4) is 0 Å². The summed E-state index contributed by atoms with van der Waals surface area (Å²) in [4.78, 5) is 21.0. The average molecular weight is 401 g/mol. The van der Waals surface area contributed by atoms with Crippen LogP contribution in [0.5, 0.6) is 5.75 Å². The van der Waals surface area contributed by atoms with Crippen molar-refractivity contribution in [2.24, 2.45) is 0 Å². The zero-order valence-electron chi connectivity index (χ0n) is 16.9. The Balaban J connectivity index is 1.34. The number of rotatable bonds is 7. The summed E-state index contributed by atoms with van der Waals surface area (Å²) in [5.74, 6) is 0.601.